The standard InChI is InChI=1S/C18H23FN4O4S.C17H22FN3O4/c1-12(28)20-9-14-10-23(18(26)27-14)13-2-3-16(15(19)8-13)21-4-6-22(7-5-21)17(25)11-24;1-2-13-10-21(17(24)25-13)12-3-4-15(14(18)9-12)19-5-7-20(8-6-19)16(23)11-22/h2-3,8,14,24H,4-7,9-11H2,1H3,(H,20,28);3-4,9,13,22H,2,5-8,10-11H2,1H3/t14-;13-/m00/s1. The Bertz CT molecular complexity index is 1670. The number of thiocarbonyl (C=S) groups is 1. The van der Waals surface area contributed by atoms with Crippen LogP contribution < -0.4 is 24.9 Å². The maximum Gasteiger partial charge on any atom is 0.414 e. The van der Waals surface area contributed by atoms with Gasteiger partial charge in [-0.3, -0.25) is 19.4 Å². The van der Waals surface area contributed by atoms with Crippen molar-refractivity contribution in [3.8, 4) is 0 Å². The molecule has 0 bridgehead atoms. The van der Waals surface area contributed by atoms with E-state index >= 15 is 0 Å². The van der Waals surface area contributed by atoms with Gasteiger partial charge in [0.2, 0.25) is 11.8 Å². The zero-order valence-electron chi connectivity index (χ0n) is 29.7. The number of rotatable bonds is 9. The van der Waals surface area contributed by atoms with Gasteiger partial charge in [0.25, 0.3) is 0 Å². The predicted molar refractivity (Wildman–Crippen MR) is 196 cm³/mol. The molecule has 4 amide bonds. The third-order valence-corrected chi connectivity index (χ3v) is 9.63. The topological polar surface area (TPSA) is 159 Å². The van der Waals surface area contributed by atoms with E-state index in [0.717, 1.165) is 6.42 Å². The average Bonchev–Trinajstić information content (AvgIpc) is 3.74. The molecule has 2 atom stereocenters. The quantitative estimate of drug-likeness (QED) is 0.320. The minimum absolute atomic E-state index is 0.160. The highest BCUT2D eigenvalue weighted by molar-refractivity contribution is 7.80. The fourth-order valence-electron chi connectivity index (χ4n) is 6.47. The van der Waals surface area contributed by atoms with Crippen molar-refractivity contribution in [3.05, 3.63) is 48.0 Å². The summed E-state index contributed by atoms with van der Waals surface area (Å²) in [5, 5.41) is 20.8. The van der Waals surface area contributed by atoms with Gasteiger partial charge in [0, 0.05) is 52.4 Å². The van der Waals surface area contributed by atoms with Gasteiger partial charge in [0.15, 0.2) is 0 Å². The zero-order chi connectivity index (χ0) is 38.2. The van der Waals surface area contributed by atoms with E-state index in [1.807, 2.05) is 16.7 Å². The van der Waals surface area contributed by atoms with Crippen molar-refractivity contribution in [1.82, 2.24) is 15.1 Å². The number of ether oxygens (including phenoxy) is 2. The number of aliphatic hydroxyl groups excluding tert-OH is 2. The van der Waals surface area contributed by atoms with Crippen LogP contribution in [-0.2, 0) is 19.1 Å². The number of benzene rings is 2. The van der Waals surface area contributed by atoms with Crippen LogP contribution in [0.2, 0.25) is 0 Å². The van der Waals surface area contributed by atoms with Gasteiger partial charge >= 0.3 is 12.2 Å². The minimum Gasteiger partial charge on any atom is -0.444 e. The monoisotopic (exact) mass is 761 g/mol. The van der Waals surface area contributed by atoms with Crippen molar-refractivity contribution >= 4 is 64.0 Å². The lowest BCUT2D eigenvalue weighted by molar-refractivity contribution is -0.135. The SMILES string of the molecule is CC(=S)NC[C@H]1CN(c2ccc(N3CCN(C(=O)CO)CC3)c(F)c2)C(=O)O1.CC[C@H]1CN(c2ccc(N3CCN(C(=O)CO)CC3)c(F)c2)C(=O)O1. The summed E-state index contributed by atoms with van der Waals surface area (Å²) < 4.78 is 39.8. The van der Waals surface area contributed by atoms with Gasteiger partial charge in [-0.1, -0.05) is 19.1 Å². The van der Waals surface area contributed by atoms with Gasteiger partial charge in [-0.05, 0) is 49.7 Å². The van der Waals surface area contributed by atoms with Crippen molar-refractivity contribution in [2.45, 2.75) is 32.5 Å². The van der Waals surface area contributed by atoms with Crippen molar-refractivity contribution in [1.29, 1.82) is 0 Å². The molecule has 0 saturated carbocycles. The summed E-state index contributed by atoms with van der Waals surface area (Å²) in [5.41, 5.74) is 1.78. The highest BCUT2D eigenvalue weighted by Gasteiger charge is 2.34. The molecular weight excluding hydrogens is 716 g/mol. The van der Waals surface area contributed by atoms with Crippen molar-refractivity contribution in [3.63, 3.8) is 0 Å². The van der Waals surface area contributed by atoms with Crippen LogP contribution in [0.3, 0.4) is 0 Å². The van der Waals surface area contributed by atoms with Crippen LogP contribution >= 0.6 is 12.2 Å². The van der Waals surface area contributed by atoms with Gasteiger partial charge < -0.3 is 44.6 Å². The van der Waals surface area contributed by atoms with E-state index in [1.54, 1.807) is 41.0 Å². The molecule has 4 saturated heterocycles. The second-order valence-corrected chi connectivity index (χ2v) is 13.5. The first kappa shape index (κ1) is 39.4. The maximum absolute atomic E-state index is 14.7. The molecule has 2 aromatic rings. The molecule has 4 aliphatic heterocycles. The number of piperazine rings is 2. The first-order valence-electron chi connectivity index (χ1n) is 17.5. The van der Waals surface area contributed by atoms with Gasteiger partial charge in [-0.15, -0.1) is 0 Å². The number of hydrogen-bond acceptors (Lipinski definition) is 11. The fourth-order valence-corrected chi connectivity index (χ4v) is 6.56. The summed E-state index contributed by atoms with van der Waals surface area (Å²) in [7, 11) is 0. The van der Waals surface area contributed by atoms with Crippen LogP contribution in [0, 0.1) is 11.6 Å². The summed E-state index contributed by atoms with van der Waals surface area (Å²) in [6.45, 7) is 7.47. The molecule has 3 N–H and O–H groups in total. The highest BCUT2D eigenvalue weighted by Crippen LogP contribution is 2.30. The molecule has 2 aromatic carbocycles. The molecule has 18 heteroatoms. The number of carbonyl (C=O) groups is 4. The van der Waals surface area contributed by atoms with Crippen molar-refractivity contribution < 1.29 is 47.6 Å². The van der Waals surface area contributed by atoms with E-state index in [4.69, 9.17) is 31.9 Å². The molecule has 15 nitrogen and oxygen atoms in total. The lowest BCUT2D eigenvalue weighted by Gasteiger charge is -2.36. The van der Waals surface area contributed by atoms with E-state index in [0.29, 0.717) is 99.7 Å². The van der Waals surface area contributed by atoms with Crippen LogP contribution in [0.1, 0.15) is 20.3 Å². The number of cyclic esters (lactones) is 2. The number of carbonyl (C=O) groups excluding carboxylic acids is 4. The summed E-state index contributed by atoms with van der Waals surface area (Å²) in [5.74, 6) is -1.49. The minimum atomic E-state index is -0.518. The number of anilines is 4. The molecule has 0 radical (unpaired) electrons. The molecule has 4 aliphatic rings. The highest BCUT2D eigenvalue weighted by atomic mass is 32.1. The van der Waals surface area contributed by atoms with Gasteiger partial charge in [-0.25, -0.2) is 18.4 Å². The number of hydrogen-bond donors (Lipinski definition) is 3. The lowest BCUT2D eigenvalue weighted by Crippen LogP contribution is -2.49. The summed E-state index contributed by atoms with van der Waals surface area (Å²) in [4.78, 5) is 57.3. The van der Waals surface area contributed by atoms with Crippen LogP contribution in [0.25, 0.3) is 0 Å². The molecule has 4 fully saturated rings. The third-order valence-electron chi connectivity index (χ3n) is 9.48. The Morgan fingerprint density at radius 1 is 0.755 bits per heavy atom. The Balaban J connectivity index is 0.000000206. The molecular formula is C35H45F2N7O8S. The predicted octanol–water partition coefficient (Wildman–Crippen LogP) is 1.93. The Morgan fingerprint density at radius 3 is 1.53 bits per heavy atom. The Labute approximate surface area is 311 Å². The molecule has 0 aromatic heterocycles. The van der Waals surface area contributed by atoms with E-state index in [2.05, 4.69) is 5.32 Å². The van der Waals surface area contributed by atoms with E-state index in [1.165, 1.54) is 21.9 Å². The number of nitrogens with zero attached hydrogens (tertiary/aromatic N) is 6. The van der Waals surface area contributed by atoms with Gasteiger partial charge in [-0.2, -0.15) is 0 Å². The lowest BCUT2D eigenvalue weighted by atomic mass is 10.2. The smallest absolute Gasteiger partial charge is 0.414 e. The normalized spacial score (nSPS) is 20.2. The van der Waals surface area contributed by atoms with Crippen LogP contribution in [-0.4, -0.2) is 146 Å². The fraction of sp³-hybridized carbons (Fsp3) is 0.514. The van der Waals surface area contributed by atoms with Gasteiger partial charge in [0.05, 0.1) is 47.4 Å². The summed E-state index contributed by atoms with van der Waals surface area (Å²) in [6, 6.07) is 9.35. The molecule has 53 heavy (non-hydrogen) atoms. The number of halogens is 2. The second-order valence-electron chi connectivity index (χ2n) is 12.9. The molecule has 0 unspecified atom stereocenters. The average molecular weight is 762 g/mol. The molecule has 4 heterocycles. The molecule has 0 aliphatic carbocycles. The number of amides is 4. The van der Waals surface area contributed by atoms with Crippen molar-refractivity contribution in [2.75, 3.05) is 105 Å². The summed E-state index contributed by atoms with van der Waals surface area (Å²) in [6.07, 6.45) is -0.760. The third kappa shape index (κ3) is 9.60. The number of nitrogens with one attached hydrogen (secondary N) is 1. The second kappa shape index (κ2) is 17.8. The molecule has 288 valence electrons. The van der Waals surface area contributed by atoms with Gasteiger partial charge in [0.1, 0.15) is 37.1 Å². The van der Waals surface area contributed by atoms with Crippen molar-refractivity contribution in [2.24, 2.45) is 0 Å². The van der Waals surface area contributed by atoms with Crippen LogP contribution in [0.15, 0.2) is 36.4 Å². The first-order chi connectivity index (χ1) is 25.4. The van der Waals surface area contributed by atoms with E-state index < -0.39 is 37.0 Å². The van der Waals surface area contributed by atoms with E-state index in [9.17, 15) is 28.0 Å². The first-order valence-corrected chi connectivity index (χ1v) is 17.9. The number of aliphatic hydroxyl groups is 2. The largest absolute Gasteiger partial charge is 0.444 e. The maximum atomic E-state index is 14.7. The summed E-state index contributed by atoms with van der Waals surface area (Å²) >= 11 is 4.95. The van der Waals surface area contributed by atoms with E-state index in [-0.39, 0.29) is 24.0 Å². The molecule has 6 rings (SSSR count). The Morgan fingerprint density at radius 2 is 1.17 bits per heavy atom. The van der Waals surface area contributed by atoms with Crippen LogP contribution in [0.4, 0.5) is 41.1 Å². The Kier molecular flexibility index (Phi) is 13.2. The van der Waals surface area contributed by atoms with Crippen LogP contribution in [0.5, 0.6) is 0 Å². The Hall–Kier alpha value is -4.81. The zero-order valence-corrected chi connectivity index (χ0v) is 30.5. The molecule has 0 spiro atoms.